The van der Waals surface area contributed by atoms with Gasteiger partial charge >= 0.3 is 5.97 Å². The number of nitrogens with one attached hydrogen (secondary N) is 1. The summed E-state index contributed by atoms with van der Waals surface area (Å²) in [5, 5.41) is 3.22. The highest BCUT2D eigenvalue weighted by molar-refractivity contribution is 5.70. The van der Waals surface area contributed by atoms with E-state index >= 15 is 0 Å². The molecule has 3 N–H and O–H groups in total. The second-order valence-electron chi connectivity index (χ2n) is 6.92. The number of aryl methyl sites for hydroxylation is 1. The van der Waals surface area contributed by atoms with Crippen molar-refractivity contribution in [3.05, 3.63) is 71.3 Å². The van der Waals surface area contributed by atoms with Gasteiger partial charge in [0.2, 0.25) is 5.95 Å². The zero-order valence-electron chi connectivity index (χ0n) is 16.8. The van der Waals surface area contributed by atoms with Crippen LogP contribution in [-0.4, -0.2) is 22.5 Å². The number of nitrogen functional groups attached to an aromatic ring is 1. The molecule has 29 heavy (non-hydrogen) atoms. The lowest BCUT2D eigenvalue weighted by Crippen LogP contribution is -2.10. The lowest BCUT2D eigenvalue weighted by Gasteiger charge is -2.11. The molecule has 0 atom stereocenters. The summed E-state index contributed by atoms with van der Waals surface area (Å²) in [6.07, 6.45) is 0.973. The van der Waals surface area contributed by atoms with Gasteiger partial charge in [0.25, 0.3) is 0 Å². The van der Waals surface area contributed by atoms with Crippen LogP contribution in [0, 0.1) is 13.8 Å². The quantitative estimate of drug-likeness (QED) is 0.441. The predicted octanol–water partition coefficient (Wildman–Crippen LogP) is 4.28. The lowest BCUT2D eigenvalue weighted by atomic mass is 10.0. The van der Waals surface area contributed by atoms with Gasteiger partial charge < -0.3 is 15.8 Å². The van der Waals surface area contributed by atoms with Gasteiger partial charge in [0, 0.05) is 24.6 Å². The van der Waals surface area contributed by atoms with E-state index in [-0.39, 0.29) is 11.9 Å². The molecule has 0 saturated heterocycles. The third-order valence-corrected chi connectivity index (χ3v) is 4.73. The summed E-state index contributed by atoms with van der Waals surface area (Å²) in [5.74, 6) is 0.646. The Morgan fingerprint density at radius 2 is 1.86 bits per heavy atom. The molecule has 3 rings (SSSR count). The molecule has 0 radical (unpaired) electrons. The van der Waals surface area contributed by atoms with Crippen molar-refractivity contribution >= 4 is 17.7 Å². The molecule has 3 aromatic rings. The number of rotatable bonds is 8. The molecule has 1 aromatic heterocycles. The SMILES string of the molecule is Cc1cccc(-c2cc(NCCCC(=O)OCc3ccccc3)nc(N)n2)c1C. The number of aromatic nitrogens is 2. The maximum atomic E-state index is 11.9. The molecule has 0 amide bonds. The first-order chi connectivity index (χ1) is 14.0. The molecule has 0 spiro atoms. The fraction of sp³-hybridized carbons (Fsp3) is 0.261. The van der Waals surface area contributed by atoms with Crippen molar-refractivity contribution in [1.29, 1.82) is 0 Å². The Kier molecular flexibility index (Phi) is 6.79. The van der Waals surface area contributed by atoms with E-state index in [0.29, 0.717) is 31.8 Å². The Labute approximate surface area is 171 Å². The number of carbonyl (C=O) groups is 1. The fourth-order valence-corrected chi connectivity index (χ4v) is 2.98. The molecule has 0 saturated carbocycles. The maximum absolute atomic E-state index is 11.9. The van der Waals surface area contributed by atoms with Crippen molar-refractivity contribution in [3.63, 3.8) is 0 Å². The first-order valence-electron chi connectivity index (χ1n) is 9.67. The molecule has 6 heteroatoms. The Balaban J connectivity index is 1.51. The monoisotopic (exact) mass is 390 g/mol. The van der Waals surface area contributed by atoms with Crippen molar-refractivity contribution in [1.82, 2.24) is 9.97 Å². The average Bonchev–Trinajstić information content (AvgIpc) is 2.72. The van der Waals surface area contributed by atoms with Crippen LogP contribution >= 0.6 is 0 Å². The van der Waals surface area contributed by atoms with Crippen molar-refractivity contribution in [2.24, 2.45) is 0 Å². The minimum absolute atomic E-state index is 0.214. The summed E-state index contributed by atoms with van der Waals surface area (Å²) in [6, 6.07) is 17.6. The first-order valence-corrected chi connectivity index (χ1v) is 9.67. The summed E-state index contributed by atoms with van der Waals surface area (Å²) >= 11 is 0. The van der Waals surface area contributed by atoms with Gasteiger partial charge in [-0.05, 0) is 37.0 Å². The third-order valence-electron chi connectivity index (χ3n) is 4.73. The minimum Gasteiger partial charge on any atom is -0.461 e. The molecule has 0 aliphatic carbocycles. The second kappa shape index (κ2) is 9.68. The van der Waals surface area contributed by atoms with Crippen LogP contribution in [0.5, 0.6) is 0 Å². The Hall–Kier alpha value is -3.41. The van der Waals surface area contributed by atoms with Crippen LogP contribution in [0.1, 0.15) is 29.5 Å². The maximum Gasteiger partial charge on any atom is 0.306 e. The van der Waals surface area contributed by atoms with Crippen LogP contribution in [0.3, 0.4) is 0 Å². The van der Waals surface area contributed by atoms with E-state index < -0.39 is 0 Å². The summed E-state index contributed by atoms with van der Waals surface area (Å²) in [7, 11) is 0. The fourth-order valence-electron chi connectivity index (χ4n) is 2.98. The molecule has 0 fully saturated rings. The topological polar surface area (TPSA) is 90.1 Å². The zero-order chi connectivity index (χ0) is 20.6. The number of carbonyl (C=O) groups excluding carboxylic acids is 1. The number of hydrogen-bond donors (Lipinski definition) is 2. The Morgan fingerprint density at radius 3 is 2.66 bits per heavy atom. The van der Waals surface area contributed by atoms with Crippen LogP contribution in [-0.2, 0) is 16.1 Å². The summed E-state index contributed by atoms with van der Waals surface area (Å²) in [4.78, 5) is 20.5. The predicted molar refractivity (Wildman–Crippen MR) is 115 cm³/mol. The smallest absolute Gasteiger partial charge is 0.306 e. The van der Waals surface area contributed by atoms with E-state index in [1.54, 1.807) is 0 Å². The van der Waals surface area contributed by atoms with Crippen LogP contribution < -0.4 is 11.1 Å². The molecular weight excluding hydrogens is 364 g/mol. The van der Waals surface area contributed by atoms with Crippen LogP contribution in [0.4, 0.5) is 11.8 Å². The Morgan fingerprint density at radius 1 is 1.07 bits per heavy atom. The lowest BCUT2D eigenvalue weighted by molar-refractivity contribution is -0.145. The van der Waals surface area contributed by atoms with E-state index in [9.17, 15) is 4.79 Å². The van der Waals surface area contributed by atoms with Crippen molar-refractivity contribution in [2.45, 2.75) is 33.3 Å². The normalized spacial score (nSPS) is 10.6. The van der Waals surface area contributed by atoms with E-state index in [0.717, 1.165) is 22.4 Å². The molecule has 6 nitrogen and oxygen atoms in total. The van der Waals surface area contributed by atoms with E-state index in [4.69, 9.17) is 10.5 Å². The van der Waals surface area contributed by atoms with Gasteiger partial charge in [-0.25, -0.2) is 4.98 Å². The Bertz CT molecular complexity index is 974. The van der Waals surface area contributed by atoms with Crippen molar-refractivity contribution < 1.29 is 9.53 Å². The van der Waals surface area contributed by atoms with Gasteiger partial charge in [0.15, 0.2) is 0 Å². The highest BCUT2D eigenvalue weighted by Crippen LogP contribution is 2.26. The number of esters is 1. The largest absolute Gasteiger partial charge is 0.461 e. The minimum atomic E-state index is -0.214. The van der Waals surface area contributed by atoms with E-state index in [2.05, 4.69) is 35.2 Å². The van der Waals surface area contributed by atoms with Crippen LogP contribution in [0.15, 0.2) is 54.6 Å². The molecule has 0 unspecified atom stereocenters. The van der Waals surface area contributed by atoms with Crippen molar-refractivity contribution in [3.8, 4) is 11.3 Å². The molecule has 0 bridgehead atoms. The second-order valence-corrected chi connectivity index (χ2v) is 6.92. The van der Waals surface area contributed by atoms with Gasteiger partial charge in [-0.15, -0.1) is 0 Å². The molecular formula is C23H26N4O2. The zero-order valence-corrected chi connectivity index (χ0v) is 16.8. The van der Waals surface area contributed by atoms with Gasteiger partial charge in [-0.2, -0.15) is 4.98 Å². The third kappa shape index (κ3) is 5.78. The van der Waals surface area contributed by atoms with Gasteiger partial charge in [-0.3, -0.25) is 4.79 Å². The summed E-state index contributed by atoms with van der Waals surface area (Å²) in [5.41, 5.74) is 11.1. The average molecular weight is 390 g/mol. The highest BCUT2D eigenvalue weighted by Gasteiger charge is 2.09. The number of nitrogens with two attached hydrogens (primary N) is 1. The van der Waals surface area contributed by atoms with Crippen LogP contribution in [0.2, 0.25) is 0 Å². The van der Waals surface area contributed by atoms with Crippen molar-refractivity contribution in [2.75, 3.05) is 17.6 Å². The molecule has 1 heterocycles. The molecule has 150 valence electrons. The van der Waals surface area contributed by atoms with Crippen LogP contribution in [0.25, 0.3) is 11.3 Å². The number of nitrogens with zero attached hydrogens (tertiary/aromatic N) is 2. The number of benzene rings is 2. The standard InChI is InChI=1S/C23H26N4O2/c1-16-8-6-11-19(17(16)2)20-14-21(27-23(24)26-20)25-13-7-12-22(28)29-15-18-9-4-3-5-10-18/h3-6,8-11,14H,7,12-13,15H2,1-2H3,(H3,24,25,26,27). The van der Waals surface area contributed by atoms with Gasteiger partial charge in [-0.1, -0.05) is 48.5 Å². The van der Waals surface area contributed by atoms with Gasteiger partial charge in [0.05, 0.1) is 5.69 Å². The molecule has 0 aliphatic rings. The summed E-state index contributed by atoms with van der Waals surface area (Å²) < 4.78 is 5.29. The first kappa shape index (κ1) is 20.3. The van der Waals surface area contributed by atoms with Gasteiger partial charge in [0.1, 0.15) is 12.4 Å². The van der Waals surface area contributed by atoms with E-state index in [1.807, 2.05) is 48.5 Å². The summed E-state index contributed by atoms with van der Waals surface area (Å²) in [6.45, 7) is 5.02. The number of anilines is 2. The van der Waals surface area contributed by atoms with E-state index in [1.165, 1.54) is 5.56 Å². The molecule has 2 aromatic carbocycles. The number of hydrogen-bond acceptors (Lipinski definition) is 6. The molecule has 0 aliphatic heterocycles. The number of ether oxygens (including phenoxy) is 1. The highest BCUT2D eigenvalue weighted by atomic mass is 16.5.